The minimum absolute atomic E-state index is 0. The van der Waals surface area contributed by atoms with E-state index in [2.05, 4.69) is 25.9 Å². The number of aromatic nitrogens is 2. The zero-order valence-electron chi connectivity index (χ0n) is 17.4. The molecule has 1 amide bonds. The fourth-order valence-corrected chi connectivity index (χ4v) is 3.02. The number of hydrogen-bond acceptors (Lipinski definition) is 3. The molecule has 3 N–H and O–H groups in total. The molecular formula is C22H26FIN6O. The number of imidazole rings is 1. The Morgan fingerprint density at radius 1 is 1.16 bits per heavy atom. The Bertz CT molecular complexity index is 1020. The third-order valence-electron chi connectivity index (χ3n) is 4.60. The summed E-state index contributed by atoms with van der Waals surface area (Å²) < 4.78 is 16.0. The Balaban J connectivity index is 0.00000341. The maximum atomic E-state index is 14.4. The molecule has 0 saturated heterocycles. The van der Waals surface area contributed by atoms with E-state index in [1.807, 2.05) is 24.3 Å². The molecule has 0 aliphatic carbocycles. The van der Waals surface area contributed by atoms with Crippen molar-refractivity contribution in [2.24, 2.45) is 4.99 Å². The van der Waals surface area contributed by atoms with Gasteiger partial charge in [0.25, 0.3) is 5.91 Å². The van der Waals surface area contributed by atoms with Gasteiger partial charge in [0.2, 0.25) is 0 Å². The van der Waals surface area contributed by atoms with Crippen molar-refractivity contribution >= 4 is 35.8 Å². The van der Waals surface area contributed by atoms with Gasteiger partial charge in [-0.25, -0.2) is 9.37 Å². The summed E-state index contributed by atoms with van der Waals surface area (Å²) in [4.78, 5) is 19.9. The van der Waals surface area contributed by atoms with Crippen LogP contribution in [0.3, 0.4) is 0 Å². The van der Waals surface area contributed by atoms with Gasteiger partial charge in [0.05, 0.1) is 12.0 Å². The summed E-state index contributed by atoms with van der Waals surface area (Å²) >= 11 is 0. The lowest BCUT2D eigenvalue weighted by molar-refractivity contribution is 0.0963. The van der Waals surface area contributed by atoms with E-state index in [4.69, 9.17) is 0 Å². The highest BCUT2D eigenvalue weighted by Gasteiger charge is 2.07. The SMILES string of the molecule is CN=C(NCCc1cccc(C(=O)NC)c1)NCc1ccc(-n2ccnc2)c(F)c1.I. The van der Waals surface area contributed by atoms with Gasteiger partial charge >= 0.3 is 0 Å². The summed E-state index contributed by atoms with van der Waals surface area (Å²) in [5.74, 6) is 0.205. The Kier molecular flexibility index (Phi) is 9.44. The van der Waals surface area contributed by atoms with Crippen molar-refractivity contribution in [3.05, 3.63) is 83.7 Å². The smallest absolute Gasteiger partial charge is 0.251 e. The summed E-state index contributed by atoms with van der Waals surface area (Å²) in [7, 11) is 3.30. The molecule has 0 atom stereocenters. The second-order valence-corrected chi connectivity index (χ2v) is 6.64. The number of nitrogens with one attached hydrogen (secondary N) is 3. The van der Waals surface area contributed by atoms with Gasteiger partial charge in [-0.3, -0.25) is 9.79 Å². The molecule has 0 aliphatic rings. The third-order valence-corrected chi connectivity index (χ3v) is 4.60. The molecule has 0 radical (unpaired) electrons. The van der Waals surface area contributed by atoms with Crippen LogP contribution in [0, 0.1) is 5.82 Å². The van der Waals surface area contributed by atoms with E-state index in [0.29, 0.717) is 30.3 Å². The molecule has 1 aromatic heterocycles. The zero-order valence-corrected chi connectivity index (χ0v) is 19.8. The largest absolute Gasteiger partial charge is 0.356 e. The first-order valence-electron chi connectivity index (χ1n) is 9.63. The first-order chi connectivity index (χ1) is 14.6. The topological polar surface area (TPSA) is 83.3 Å². The maximum absolute atomic E-state index is 14.4. The van der Waals surface area contributed by atoms with Crippen LogP contribution in [0.1, 0.15) is 21.5 Å². The third kappa shape index (κ3) is 6.78. The predicted molar refractivity (Wildman–Crippen MR) is 131 cm³/mol. The van der Waals surface area contributed by atoms with E-state index in [-0.39, 0.29) is 35.7 Å². The molecule has 0 fully saturated rings. The molecule has 1 heterocycles. The molecule has 9 heteroatoms. The minimum Gasteiger partial charge on any atom is -0.356 e. The van der Waals surface area contributed by atoms with Crippen LogP contribution < -0.4 is 16.0 Å². The first-order valence-corrected chi connectivity index (χ1v) is 9.63. The number of guanidine groups is 1. The number of hydrogen-bond donors (Lipinski definition) is 3. The van der Waals surface area contributed by atoms with Crippen LogP contribution >= 0.6 is 24.0 Å². The second-order valence-electron chi connectivity index (χ2n) is 6.64. The van der Waals surface area contributed by atoms with Gasteiger partial charge in [-0.2, -0.15) is 0 Å². The Morgan fingerprint density at radius 2 is 2.00 bits per heavy atom. The average Bonchev–Trinajstić information content (AvgIpc) is 3.30. The van der Waals surface area contributed by atoms with Crippen molar-refractivity contribution in [3.63, 3.8) is 0 Å². The van der Waals surface area contributed by atoms with E-state index in [1.165, 1.54) is 6.07 Å². The number of rotatable bonds is 7. The molecule has 0 unspecified atom stereocenters. The van der Waals surface area contributed by atoms with Gasteiger partial charge in [0.15, 0.2) is 5.96 Å². The van der Waals surface area contributed by atoms with Crippen molar-refractivity contribution in [2.75, 3.05) is 20.6 Å². The quantitative estimate of drug-likeness (QED) is 0.247. The summed E-state index contributed by atoms with van der Waals surface area (Å²) in [6.45, 7) is 1.08. The number of aliphatic imine (C=N–C) groups is 1. The molecule has 0 bridgehead atoms. The van der Waals surface area contributed by atoms with Crippen LogP contribution in [0.5, 0.6) is 0 Å². The van der Waals surface area contributed by atoms with Crippen LogP contribution in [0.4, 0.5) is 4.39 Å². The molecule has 7 nitrogen and oxygen atoms in total. The van der Waals surface area contributed by atoms with Crippen LogP contribution in [-0.4, -0.2) is 42.1 Å². The number of nitrogens with zero attached hydrogens (tertiary/aromatic N) is 3. The highest BCUT2D eigenvalue weighted by Crippen LogP contribution is 2.15. The Morgan fingerprint density at radius 3 is 2.68 bits per heavy atom. The zero-order chi connectivity index (χ0) is 21.3. The van der Waals surface area contributed by atoms with Crippen molar-refractivity contribution < 1.29 is 9.18 Å². The van der Waals surface area contributed by atoms with Crippen LogP contribution in [0.25, 0.3) is 5.69 Å². The lowest BCUT2D eigenvalue weighted by atomic mass is 10.1. The fraction of sp³-hybridized carbons (Fsp3) is 0.227. The normalized spacial score (nSPS) is 10.9. The Labute approximate surface area is 198 Å². The monoisotopic (exact) mass is 536 g/mol. The standard InChI is InChI=1S/C22H25FN6O.HI/c1-24-21(30)18-5-3-4-16(12-18)8-9-27-22(25-2)28-14-17-6-7-20(19(23)13-17)29-11-10-26-15-29;/h3-7,10-13,15H,8-9,14H2,1-2H3,(H,24,30)(H2,25,27,28);1H. The maximum Gasteiger partial charge on any atom is 0.251 e. The first kappa shape index (κ1) is 24.3. The second kappa shape index (κ2) is 12.0. The lowest BCUT2D eigenvalue weighted by Crippen LogP contribution is -2.37. The lowest BCUT2D eigenvalue weighted by Gasteiger charge is -2.13. The number of halogens is 2. The number of carbonyl (C=O) groups is 1. The van der Waals surface area contributed by atoms with Gasteiger partial charge in [-0.05, 0) is 41.8 Å². The summed E-state index contributed by atoms with van der Waals surface area (Å²) in [5, 5.41) is 9.04. The molecule has 0 aliphatic heterocycles. The molecular weight excluding hydrogens is 510 g/mol. The average molecular weight is 536 g/mol. The van der Waals surface area contributed by atoms with Gasteiger partial charge < -0.3 is 20.5 Å². The molecule has 31 heavy (non-hydrogen) atoms. The van der Waals surface area contributed by atoms with E-state index >= 15 is 0 Å². The molecule has 3 rings (SSSR count). The molecule has 2 aromatic carbocycles. The molecule has 3 aromatic rings. The highest BCUT2D eigenvalue weighted by molar-refractivity contribution is 14.0. The minimum atomic E-state index is -0.314. The summed E-state index contributed by atoms with van der Waals surface area (Å²) in [6.07, 6.45) is 5.61. The van der Waals surface area contributed by atoms with E-state index in [1.54, 1.807) is 49.5 Å². The van der Waals surface area contributed by atoms with Crippen molar-refractivity contribution in [1.82, 2.24) is 25.5 Å². The van der Waals surface area contributed by atoms with Crippen molar-refractivity contribution in [2.45, 2.75) is 13.0 Å². The summed E-state index contributed by atoms with van der Waals surface area (Å²) in [5.41, 5.74) is 2.95. The van der Waals surface area contributed by atoms with Gasteiger partial charge in [0.1, 0.15) is 5.82 Å². The molecule has 0 saturated carbocycles. The Hall–Kier alpha value is -2.95. The summed E-state index contributed by atoms with van der Waals surface area (Å²) in [6, 6.07) is 12.6. The van der Waals surface area contributed by atoms with Crippen molar-refractivity contribution in [1.29, 1.82) is 0 Å². The van der Waals surface area contributed by atoms with E-state index in [0.717, 1.165) is 17.5 Å². The van der Waals surface area contributed by atoms with Crippen LogP contribution in [0.2, 0.25) is 0 Å². The van der Waals surface area contributed by atoms with Gasteiger partial charge in [0, 0.05) is 45.1 Å². The van der Waals surface area contributed by atoms with Crippen LogP contribution in [-0.2, 0) is 13.0 Å². The molecule has 164 valence electrons. The fourth-order valence-electron chi connectivity index (χ4n) is 3.02. The number of amides is 1. The van der Waals surface area contributed by atoms with Crippen molar-refractivity contribution in [3.8, 4) is 5.69 Å². The highest BCUT2D eigenvalue weighted by atomic mass is 127. The number of benzene rings is 2. The van der Waals surface area contributed by atoms with E-state index < -0.39 is 0 Å². The molecule has 0 spiro atoms. The predicted octanol–water partition coefficient (Wildman–Crippen LogP) is 2.90. The number of carbonyl (C=O) groups excluding carboxylic acids is 1. The van der Waals surface area contributed by atoms with E-state index in [9.17, 15) is 9.18 Å². The van der Waals surface area contributed by atoms with Gasteiger partial charge in [-0.15, -0.1) is 24.0 Å². The van der Waals surface area contributed by atoms with Gasteiger partial charge in [-0.1, -0.05) is 18.2 Å². The van der Waals surface area contributed by atoms with Crippen LogP contribution in [0.15, 0.2) is 66.2 Å².